The minimum Gasteiger partial charge on any atom is -0.341 e. The second-order valence-corrected chi connectivity index (χ2v) is 6.34. The average molecular weight is 324 g/mol. The summed E-state index contributed by atoms with van der Waals surface area (Å²) in [5, 5.41) is 4.84. The number of carbonyl (C=O) groups excluding carboxylic acids is 1. The molecule has 21 heavy (non-hydrogen) atoms. The van der Waals surface area contributed by atoms with Gasteiger partial charge in [-0.15, -0.1) is 11.8 Å². The molecule has 0 saturated carbocycles. The molecule has 4 nitrogen and oxygen atoms in total. The summed E-state index contributed by atoms with van der Waals surface area (Å²) in [6, 6.07) is 7.68. The van der Waals surface area contributed by atoms with E-state index in [1.807, 2.05) is 44.6 Å². The van der Waals surface area contributed by atoms with E-state index in [0.717, 1.165) is 21.2 Å². The van der Waals surface area contributed by atoms with Gasteiger partial charge in [-0.05, 0) is 12.1 Å². The summed E-state index contributed by atoms with van der Waals surface area (Å²) >= 11 is 7.69. The molecule has 6 heteroatoms. The van der Waals surface area contributed by atoms with Gasteiger partial charge in [-0.25, -0.2) is 0 Å². The smallest absolute Gasteiger partial charge is 0.223 e. The van der Waals surface area contributed by atoms with Crippen LogP contribution in [0, 0.1) is 0 Å². The van der Waals surface area contributed by atoms with Gasteiger partial charge in [-0.2, -0.15) is 5.10 Å². The van der Waals surface area contributed by atoms with E-state index in [-0.39, 0.29) is 5.91 Å². The first-order valence-electron chi connectivity index (χ1n) is 6.65. The Morgan fingerprint density at radius 3 is 2.86 bits per heavy atom. The summed E-state index contributed by atoms with van der Waals surface area (Å²) in [5.74, 6) is 0.846. The van der Waals surface area contributed by atoms with Crippen LogP contribution in [0.2, 0.25) is 5.02 Å². The van der Waals surface area contributed by atoms with Gasteiger partial charge >= 0.3 is 0 Å². The van der Waals surface area contributed by atoms with Crippen LogP contribution in [0.4, 0.5) is 0 Å². The molecule has 1 heterocycles. The second-order valence-electron chi connectivity index (χ2n) is 4.80. The molecule has 0 aliphatic rings. The molecule has 0 unspecified atom stereocenters. The number of halogens is 1. The molecule has 0 N–H and O–H groups in total. The fourth-order valence-electron chi connectivity index (χ4n) is 1.92. The second kappa shape index (κ2) is 7.52. The fourth-order valence-corrected chi connectivity index (χ4v) is 3.09. The number of amides is 1. The van der Waals surface area contributed by atoms with Crippen LogP contribution in [0.3, 0.4) is 0 Å². The number of benzene rings is 1. The van der Waals surface area contributed by atoms with Gasteiger partial charge < -0.3 is 4.90 Å². The van der Waals surface area contributed by atoms with E-state index in [0.29, 0.717) is 13.0 Å². The Morgan fingerprint density at radius 1 is 1.43 bits per heavy atom. The average Bonchev–Trinajstić information content (AvgIpc) is 2.86. The third-order valence-electron chi connectivity index (χ3n) is 3.01. The zero-order valence-electron chi connectivity index (χ0n) is 12.1. The molecule has 2 aromatic rings. The van der Waals surface area contributed by atoms with Crippen LogP contribution in [0.25, 0.3) is 0 Å². The highest BCUT2D eigenvalue weighted by Gasteiger charge is 2.10. The van der Waals surface area contributed by atoms with Crippen molar-refractivity contribution in [2.45, 2.75) is 17.9 Å². The van der Waals surface area contributed by atoms with Crippen LogP contribution in [-0.2, 0) is 18.4 Å². The minimum absolute atomic E-state index is 0.124. The molecule has 1 aromatic heterocycles. The quantitative estimate of drug-likeness (QED) is 0.766. The third kappa shape index (κ3) is 4.79. The van der Waals surface area contributed by atoms with Gasteiger partial charge in [0.05, 0.1) is 11.2 Å². The molecule has 1 amide bonds. The van der Waals surface area contributed by atoms with Gasteiger partial charge in [0.25, 0.3) is 0 Å². The maximum Gasteiger partial charge on any atom is 0.223 e. The highest BCUT2D eigenvalue weighted by Crippen LogP contribution is 2.27. The van der Waals surface area contributed by atoms with Crippen LogP contribution < -0.4 is 0 Å². The van der Waals surface area contributed by atoms with Crippen LogP contribution in [0.5, 0.6) is 0 Å². The summed E-state index contributed by atoms with van der Waals surface area (Å²) in [6.07, 6.45) is 4.19. The molecular formula is C15H18ClN3OS. The van der Waals surface area contributed by atoms with Crippen LogP contribution >= 0.6 is 23.4 Å². The molecule has 2 rings (SSSR count). The Bertz CT molecular complexity index is 614. The van der Waals surface area contributed by atoms with Crippen molar-refractivity contribution in [2.75, 3.05) is 12.8 Å². The number of rotatable bonds is 6. The fraction of sp³-hybridized carbons (Fsp3) is 0.333. The molecule has 1 aromatic carbocycles. The first-order valence-corrected chi connectivity index (χ1v) is 8.01. The van der Waals surface area contributed by atoms with Crippen molar-refractivity contribution in [3.63, 3.8) is 0 Å². The number of aromatic nitrogens is 2. The lowest BCUT2D eigenvalue weighted by Crippen LogP contribution is -2.26. The number of hydrogen-bond donors (Lipinski definition) is 0. The third-order valence-corrected chi connectivity index (χ3v) is 4.53. The van der Waals surface area contributed by atoms with E-state index < -0.39 is 0 Å². The molecule has 0 fully saturated rings. The summed E-state index contributed by atoms with van der Waals surface area (Å²) in [5.41, 5.74) is 1.03. The Hall–Kier alpha value is -1.46. The lowest BCUT2D eigenvalue weighted by Gasteiger charge is -2.16. The summed E-state index contributed by atoms with van der Waals surface area (Å²) < 4.78 is 1.74. The first kappa shape index (κ1) is 15.9. The van der Waals surface area contributed by atoms with Crippen molar-refractivity contribution >= 4 is 29.3 Å². The van der Waals surface area contributed by atoms with Crippen LogP contribution in [0.1, 0.15) is 12.0 Å². The van der Waals surface area contributed by atoms with E-state index in [4.69, 9.17) is 11.6 Å². The zero-order valence-corrected chi connectivity index (χ0v) is 13.7. The van der Waals surface area contributed by atoms with Gasteiger partial charge in [-0.1, -0.05) is 23.7 Å². The molecular weight excluding hydrogens is 306 g/mol. The topological polar surface area (TPSA) is 38.1 Å². The maximum absolute atomic E-state index is 12.1. The molecule has 0 aliphatic carbocycles. The van der Waals surface area contributed by atoms with E-state index in [1.165, 1.54) is 0 Å². The standard InChI is InChI=1S/C15H18ClN3OS/c1-18(10-12-9-17-19(2)11-12)15(20)7-8-21-14-6-4-3-5-13(14)16/h3-6,9,11H,7-8,10H2,1-2H3. The van der Waals surface area contributed by atoms with Crippen molar-refractivity contribution in [3.05, 3.63) is 47.2 Å². The molecule has 112 valence electrons. The van der Waals surface area contributed by atoms with Crippen LogP contribution in [-0.4, -0.2) is 33.4 Å². The van der Waals surface area contributed by atoms with E-state index >= 15 is 0 Å². The Balaban J connectivity index is 1.77. The highest BCUT2D eigenvalue weighted by molar-refractivity contribution is 7.99. The number of nitrogens with zero attached hydrogens (tertiary/aromatic N) is 3. The highest BCUT2D eigenvalue weighted by atomic mass is 35.5. The van der Waals surface area contributed by atoms with Gasteiger partial charge in [-0.3, -0.25) is 9.48 Å². The first-order chi connectivity index (χ1) is 10.1. The van der Waals surface area contributed by atoms with E-state index in [2.05, 4.69) is 5.10 Å². The molecule has 0 radical (unpaired) electrons. The molecule has 0 saturated heterocycles. The van der Waals surface area contributed by atoms with Gasteiger partial charge in [0.2, 0.25) is 5.91 Å². The van der Waals surface area contributed by atoms with Crippen molar-refractivity contribution in [1.29, 1.82) is 0 Å². The number of thioether (sulfide) groups is 1. The van der Waals surface area contributed by atoms with Gasteiger partial charge in [0.15, 0.2) is 0 Å². The molecule has 0 atom stereocenters. The SMILES string of the molecule is CN(Cc1cnn(C)c1)C(=O)CCSc1ccccc1Cl. The van der Waals surface area contributed by atoms with Gasteiger partial charge in [0.1, 0.15) is 0 Å². The van der Waals surface area contributed by atoms with Crippen molar-refractivity contribution in [2.24, 2.45) is 7.05 Å². The Labute approximate surface area is 134 Å². The molecule has 0 spiro atoms. The molecule has 0 bridgehead atoms. The summed E-state index contributed by atoms with van der Waals surface area (Å²) in [4.78, 5) is 14.8. The monoisotopic (exact) mass is 323 g/mol. The zero-order chi connectivity index (χ0) is 15.2. The Kier molecular flexibility index (Phi) is 5.70. The lowest BCUT2D eigenvalue weighted by molar-refractivity contribution is -0.129. The number of aryl methyl sites for hydroxylation is 1. The summed E-state index contributed by atoms with van der Waals surface area (Å²) in [6.45, 7) is 0.587. The predicted molar refractivity (Wildman–Crippen MR) is 86.5 cm³/mol. The van der Waals surface area contributed by atoms with Crippen molar-refractivity contribution < 1.29 is 4.79 Å². The lowest BCUT2D eigenvalue weighted by atomic mass is 10.3. The largest absolute Gasteiger partial charge is 0.341 e. The Morgan fingerprint density at radius 2 is 2.19 bits per heavy atom. The molecule has 0 aliphatic heterocycles. The maximum atomic E-state index is 12.1. The van der Waals surface area contributed by atoms with Crippen molar-refractivity contribution in [1.82, 2.24) is 14.7 Å². The summed E-state index contributed by atoms with van der Waals surface area (Å²) in [7, 11) is 3.68. The predicted octanol–water partition coefficient (Wildman–Crippen LogP) is 3.21. The number of carbonyl (C=O) groups is 1. The van der Waals surface area contributed by atoms with Crippen LogP contribution in [0.15, 0.2) is 41.6 Å². The normalized spacial score (nSPS) is 10.6. The van der Waals surface area contributed by atoms with Crippen molar-refractivity contribution in [3.8, 4) is 0 Å². The van der Waals surface area contributed by atoms with Gasteiger partial charge in [0, 0.05) is 49.5 Å². The van der Waals surface area contributed by atoms with E-state index in [9.17, 15) is 4.79 Å². The minimum atomic E-state index is 0.124. The number of hydrogen-bond acceptors (Lipinski definition) is 3. The van der Waals surface area contributed by atoms with E-state index in [1.54, 1.807) is 27.5 Å².